The molecule has 11 heteroatoms. The number of amides is 2. The van der Waals surface area contributed by atoms with E-state index in [1.54, 1.807) is 18.2 Å². The Morgan fingerprint density at radius 1 is 1.10 bits per heavy atom. The van der Waals surface area contributed by atoms with Gasteiger partial charge in [0, 0.05) is 47.7 Å². The molecule has 0 spiro atoms. The van der Waals surface area contributed by atoms with Gasteiger partial charge in [-0.3, -0.25) is 24.2 Å². The minimum atomic E-state index is -3.01. The van der Waals surface area contributed by atoms with Crippen molar-refractivity contribution in [3.05, 3.63) is 88.3 Å². The number of anilines is 2. The average molecular weight is 593 g/mol. The Kier molecular flexibility index (Phi) is 6.81. The predicted octanol–water partition coefficient (Wildman–Crippen LogP) is 5.73. The molecule has 2 aromatic carbocycles. The molecule has 0 N–H and O–H groups in total. The van der Waals surface area contributed by atoms with Crippen LogP contribution in [0.5, 0.6) is 0 Å². The standard InChI is InChI=1S/C31H24ClF3N4O3/c32-23-6-1-3-19-9-11-31(27(19)23,28(41)20-15-30(34,35)16-20)39(22-5-2-4-21(33)14-22)29(42)24-7-8-26(40)38(24)25-13-18(17-36)10-12-37-25/h1-6,10,12-14,20,24H,7-9,11,15-16H2/t24-,31+/m0/s1. The average Bonchev–Trinajstić information content (AvgIpc) is 3.54. The number of benzene rings is 2. The Labute approximate surface area is 244 Å². The maximum Gasteiger partial charge on any atom is 0.251 e. The number of pyridine rings is 1. The summed E-state index contributed by atoms with van der Waals surface area (Å²) in [5.74, 6) is -6.38. The van der Waals surface area contributed by atoms with Crippen molar-refractivity contribution in [2.75, 3.05) is 9.80 Å². The number of Topliss-reactive ketones (excluding diaryl/α,β-unsaturated/α-hetero) is 1. The smallest absolute Gasteiger partial charge is 0.251 e. The van der Waals surface area contributed by atoms with E-state index in [0.29, 0.717) is 17.5 Å². The fraction of sp³-hybridized carbons (Fsp3) is 0.323. The quantitative estimate of drug-likeness (QED) is 0.364. The van der Waals surface area contributed by atoms with Crippen LogP contribution in [0.25, 0.3) is 0 Å². The SMILES string of the molecule is N#Cc1ccnc(N2C(=O)CC[C@H]2C(=O)N(c2cccc(F)c2)[C@]2(C(=O)C3CC(F)(F)C3)CCc3cccc(Cl)c32)c1. The Morgan fingerprint density at radius 3 is 2.57 bits per heavy atom. The molecule has 0 radical (unpaired) electrons. The van der Waals surface area contributed by atoms with Gasteiger partial charge in [0.05, 0.1) is 11.6 Å². The molecule has 42 heavy (non-hydrogen) atoms. The van der Waals surface area contributed by atoms with E-state index in [9.17, 15) is 32.8 Å². The zero-order chi connectivity index (χ0) is 29.8. The highest BCUT2D eigenvalue weighted by Crippen LogP contribution is 2.54. The summed E-state index contributed by atoms with van der Waals surface area (Å²) in [6.45, 7) is 0. The van der Waals surface area contributed by atoms with Gasteiger partial charge in [0.25, 0.3) is 5.91 Å². The van der Waals surface area contributed by atoms with Crippen molar-refractivity contribution >= 4 is 40.7 Å². The van der Waals surface area contributed by atoms with Crippen molar-refractivity contribution in [2.45, 2.75) is 56.0 Å². The van der Waals surface area contributed by atoms with Crippen molar-refractivity contribution < 1.29 is 27.6 Å². The van der Waals surface area contributed by atoms with Crippen LogP contribution in [-0.2, 0) is 26.3 Å². The van der Waals surface area contributed by atoms with E-state index in [0.717, 1.165) is 6.07 Å². The van der Waals surface area contributed by atoms with E-state index in [2.05, 4.69) is 4.98 Å². The summed E-state index contributed by atoms with van der Waals surface area (Å²) in [7, 11) is 0. The number of aryl methyl sites for hydroxylation is 1. The largest absolute Gasteiger partial charge is 0.296 e. The predicted molar refractivity (Wildman–Crippen MR) is 147 cm³/mol. The molecule has 3 aromatic rings. The summed E-state index contributed by atoms with van der Waals surface area (Å²) >= 11 is 6.71. The van der Waals surface area contributed by atoms with Crippen LogP contribution < -0.4 is 9.80 Å². The summed E-state index contributed by atoms with van der Waals surface area (Å²) in [4.78, 5) is 49.0. The van der Waals surface area contributed by atoms with E-state index in [1.165, 1.54) is 46.3 Å². The highest BCUT2D eigenvalue weighted by molar-refractivity contribution is 6.32. The fourth-order valence-electron chi connectivity index (χ4n) is 6.57. The molecular weight excluding hydrogens is 569 g/mol. The molecule has 1 saturated carbocycles. The van der Waals surface area contributed by atoms with Gasteiger partial charge >= 0.3 is 0 Å². The molecule has 0 unspecified atom stereocenters. The van der Waals surface area contributed by atoms with Gasteiger partial charge in [-0.2, -0.15) is 5.26 Å². The summed E-state index contributed by atoms with van der Waals surface area (Å²) in [6, 6.07) is 13.8. The van der Waals surface area contributed by atoms with Crippen LogP contribution in [0.15, 0.2) is 60.8 Å². The topological polar surface area (TPSA) is 94.4 Å². The van der Waals surface area contributed by atoms with Crippen LogP contribution in [-0.4, -0.2) is 34.5 Å². The van der Waals surface area contributed by atoms with E-state index < -0.39 is 59.7 Å². The first-order valence-corrected chi connectivity index (χ1v) is 13.9. The molecular formula is C31H24ClF3N4O3. The maximum atomic E-state index is 14.8. The zero-order valence-electron chi connectivity index (χ0n) is 22.2. The van der Waals surface area contributed by atoms with Crippen LogP contribution in [0.4, 0.5) is 24.7 Å². The number of hydrogen-bond donors (Lipinski definition) is 0. The van der Waals surface area contributed by atoms with Gasteiger partial charge in [-0.1, -0.05) is 29.8 Å². The molecule has 2 amide bonds. The Bertz CT molecular complexity index is 1670. The molecule has 2 aliphatic carbocycles. The third-order valence-electron chi connectivity index (χ3n) is 8.43. The number of carbonyl (C=O) groups excluding carboxylic acids is 3. The number of nitrogens with zero attached hydrogens (tertiary/aromatic N) is 4. The van der Waals surface area contributed by atoms with Gasteiger partial charge in [-0.25, -0.2) is 18.2 Å². The lowest BCUT2D eigenvalue weighted by molar-refractivity contribution is -0.154. The molecule has 0 bridgehead atoms. The number of nitriles is 1. The third kappa shape index (κ3) is 4.43. The van der Waals surface area contributed by atoms with Gasteiger partial charge in [0.2, 0.25) is 11.8 Å². The number of hydrogen-bond acceptors (Lipinski definition) is 5. The van der Waals surface area contributed by atoms with Gasteiger partial charge in [0.1, 0.15) is 23.2 Å². The second kappa shape index (κ2) is 10.2. The first-order valence-electron chi connectivity index (χ1n) is 13.5. The second-order valence-electron chi connectivity index (χ2n) is 10.9. The Balaban J connectivity index is 1.54. The molecule has 2 fully saturated rings. The first-order chi connectivity index (χ1) is 20.1. The van der Waals surface area contributed by atoms with Gasteiger partial charge in [0.15, 0.2) is 5.78 Å². The van der Waals surface area contributed by atoms with Gasteiger partial charge in [-0.15, -0.1) is 0 Å². The molecule has 1 saturated heterocycles. The molecule has 214 valence electrons. The zero-order valence-corrected chi connectivity index (χ0v) is 23.0. The summed E-state index contributed by atoms with van der Waals surface area (Å²) in [6.07, 6.45) is 0.415. The van der Waals surface area contributed by atoms with Crippen molar-refractivity contribution in [2.24, 2.45) is 5.92 Å². The highest BCUT2D eigenvalue weighted by Gasteiger charge is 2.61. The van der Waals surface area contributed by atoms with Gasteiger partial charge < -0.3 is 0 Å². The minimum Gasteiger partial charge on any atom is -0.296 e. The molecule has 2 heterocycles. The minimum absolute atomic E-state index is 0.0149. The summed E-state index contributed by atoms with van der Waals surface area (Å²) in [5.41, 5.74) is -0.560. The van der Waals surface area contributed by atoms with Crippen LogP contribution in [0, 0.1) is 23.1 Å². The lowest BCUT2D eigenvalue weighted by Crippen LogP contribution is -2.61. The first kappa shape index (κ1) is 27.9. The fourth-order valence-corrected chi connectivity index (χ4v) is 6.92. The number of alkyl halides is 2. The molecule has 2 atom stereocenters. The lowest BCUT2D eigenvalue weighted by Gasteiger charge is -2.47. The monoisotopic (exact) mass is 592 g/mol. The summed E-state index contributed by atoms with van der Waals surface area (Å²) < 4.78 is 42.9. The molecule has 7 nitrogen and oxygen atoms in total. The molecule has 3 aliphatic rings. The normalized spacial score (nSPS) is 22.8. The summed E-state index contributed by atoms with van der Waals surface area (Å²) in [5, 5.41) is 9.57. The highest BCUT2D eigenvalue weighted by atomic mass is 35.5. The Hall–Kier alpha value is -4.23. The lowest BCUT2D eigenvalue weighted by atomic mass is 9.69. The number of halogens is 4. The van der Waals surface area contributed by atoms with Crippen LogP contribution in [0.3, 0.4) is 0 Å². The maximum absolute atomic E-state index is 14.8. The van der Waals surface area contributed by atoms with E-state index >= 15 is 0 Å². The van der Waals surface area contributed by atoms with Crippen LogP contribution in [0.2, 0.25) is 5.02 Å². The number of fused-ring (bicyclic) bond motifs is 1. The van der Waals surface area contributed by atoms with E-state index in [1.807, 2.05) is 6.07 Å². The molecule has 6 rings (SSSR count). The van der Waals surface area contributed by atoms with Crippen LogP contribution in [0.1, 0.15) is 48.8 Å². The Morgan fingerprint density at radius 2 is 1.86 bits per heavy atom. The van der Waals surface area contributed by atoms with E-state index in [-0.39, 0.29) is 41.4 Å². The molecule has 1 aliphatic heterocycles. The van der Waals surface area contributed by atoms with Crippen molar-refractivity contribution in [3.63, 3.8) is 0 Å². The molecule has 1 aromatic heterocycles. The van der Waals surface area contributed by atoms with Gasteiger partial charge in [-0.05, 0) is 61.2 Å². The number of aromatic nitrogens is 1. The van der Waals surface area contributed by atoms with E-state index in [4.69, 9.17) is 11.6 Å². The van der Waals surface area contributed by atoms with Crippen LogP contribution >= 0.6 is 11.6 Å². The third-order valence-corrected chi connectivity index (χ3v) is 8.74. The number of ketones is 1. The second-order valence-corrected chi connectivity index (χ2v) is 11.4. The van der Waals surface area contributed by atoms with Crippen molar-refractivity contribution in [3.8, 4) is 6.07 Å². The van der Waals surface area contributed by atoms with Crippen molar-refractivity contribution in [1.82, 2.24) is 4.98 Å². The number of rotatable bonds is 6. The number of carbonyl (C=O) groups is 3. The van der Waals surface area contributed by atoms with Crippen molar-refractivity contribution in [1.29, 1.82) is 5.26 Å².